The Morgan fingerprint density at radius 1 is 1.42 bits per heavy atom. The van der Waals surface area contributed by atoms with Gasteiger partial charge in [-0.15, -0.1) is 0 Å². The first-order valence-corrected chi connectivity index (χ1v) is 4.43. The average molecular weight is 281 g/mol. The Morgan fingerprint density at radius 2 is 2.00 bits per heavy atom. The Bertz CT molecular complexity index is 167. The van der Waals surface area contributed by atoms with E-state index in [4.69, 9.17) is 0 Å². The summed E-state index contributed by atoms with van der Waals surface area (Å²) in [5, 5.41) is 0. The molecule has 0 saturated heterocycles. The fraction of sp³-hybridized carbons (Fsp3) is 0.800. The minimum absolute atomic E-state index is 0. The first-order valence-electron chi connectivity index (χ1n) is 4.43. The van der Waals surface area contributed by atoms with Gasteiger partial charge in [0.2, 0.25) is 0 Å². The van der Waals surface area contributed by atoms with Gasteiger partial charge < -0.3 is 28.5 Å². The molecule has 0 unspecified atom stereocenters. The van der Waals surface area contributed by atoms with Gasteiger partial charge in [0.05, 0.1) is 27.7 Å². The Morgan fingerprint density at radius 3 is 2.33 bits per heavy atom. The van der Waals surface area contributed by atoms with Gasteiger partial charge in [-0.05, 0) is 19.8 Å². The maximum absolute atomic E-state index is 2.39. The number of nitrogens with zero attached hydrogens (tertiary/aromatic N) is 1. The molecule has 0 aliphatic heterocycles. The van der Waals surface area contributed by atoms with Gasteiger partial charge in [-0.25, -0.2) is 0 Å². The minimum Gasteiger partial charge on any atom is -1.00 e. The van der Waals surface area contributed by atoms with Crippen LogP contribution in [0.5, 0.6) is 0 Å². The van der Waals surface area contributed by atoms with Crippen LogP contribution in [0, 0.1) is 5.92 Å². The number of hydrogen-bond acceptors (Lipinski definition) is 0. The molecule has 2 heteroatoms. The molecule has 0 N–H and O–H groups in total. The zero-order valence-electron chi connectivity index (χ0n) is 8.60. The van der Waals surface area contributed by atoms with E-state index < -0.39 is 0 Å². The van der Waals surface area contributed by atoms with Crippen LogP contribution in [0.4, 0.5) is 0 Å². The van der Waals surface area contributed by atoms with Crippen LogP contribution in [-0.4, -0.2) is 32.2 Å². The van der Waals surface area contributed by atoms with E-state index >= 15 is 0 Å². The molecule has 0 saturated carbocycles. The maximum atomic E-state index is 2.39. The smallest absolute Gasteiger partial charge is 0.0815 e. The second-order valence-electron chi connectivity index (χ2n) is 4.83. The lowest BCUT2D eigenvalue weighted by Crippen LogP contribution is -3.00. The van der Waals surface area contributed by atoms with Crippen molar-refractivity contribution in [1.29, 1.82) is 0 Å². The van der Waals surface area contributed by atoms with Crippen molar-refractivity contribution in [2.24, 2.45) is 5.92 Å². The fourth-order valence-corrected chi connectivity index (χ4v) is 1.90. The minimum atomic E-state index is 0. The summed E-state index contributed by atoms with van der Waals surface area (Å²) in [6, 6.07) is 0. The highest BCUT2D eigenvalue weighted by Gasteiger charge is 2.20. The van der Waals surface area contributed by atoms with Crippen LogP contribution in [0.3, 0.4) is 0 Å². The third-order valence-electron chi connectivity index (χ3n) is 2.22. The second-order valence-corrected chi connectivity index (χ2v) is 4.83. The summed E-state index contributed by atoms with van der Waals surface area (Å²) in [5.41, 5.74) is 1.59. The van der Waals surface area contributed by atoms with E-state index in [1.807, 2.05) is 0 Å². The molecule has 1 atom stereocenters. The Balaban J connectivity index is 0.00000121. The normalized spacial score (nSPS) is 23.3. The molecule has 1 aliphatic carbocycles. The molecule has 0 heterocycles. The van der Waals surface area contributed by atoms with Gasteiger partial charge in [0.25, 0.3) is 0 Å². The van der Waals surface area contributed by atoms with E-state index in [9.17, 15) is 0 Å². The van der Waals surface area contributed by atoms with Crippen molar-refractivity contribution >= 4 is 0 Å². The zero-order valence-corrected chi connectivity index (χ0v) is 10.8. The van der Waals surface area contributed by atoms with Crippen LogP contribution < -0.4 is 24.0 Å². The summed E-state index contributed by atoms with van der Waals surface area (Å²) in [5.74, 6) is 0.912. The lowest BCUT2D eigenvalue weighted by Gasteiger charge is -2.27. The first kappa shape index (κ1) is 12.4. The number of quaternary nitrogens is 1. The van der Waals surface area contributed by atoms with E-state index in [0.717, 1.165) is 10.4 Å². The number of hydrogen-bond donors (Lipinski definition) is 0. The van der Waals surface area contributed by atoms with Gasteiger partial charge in [0, 0.05) is 5.92 Å². The molecule has 0 aromatic heterocycles. The molecule has 0 aromatic carbocycles. The average Bonchev–Trinajstić information content (AvgIpc) is 2.10. The van der Waals surface area contributed by atoms with Gasteiger partial charge in [0.1, 0.15) is 0 Å². The fourth-order valence-electron chi connectivity index (χ4n) is 1.90. The largest absolute Gasteiger partial charge is 1.00 e. The highest BCUT2D eigenvalue weighted by molar-refractivity contribution is 5.06. The molecular formula is C10H20IN. The molecule has 1 rings (SSSR count). The molecule has 12 heavy (non-hydrogen) atoms. The maximum Gasteiger partial charge on any atom is 0.0815 e. The monoisotopic (exact) mass is 281 g/mol. The predicted octanol–water partition coefficient (Wildman–Crippen LogP) is -0.947. The lowest BCUT2D eigenvalue weighted by molar-refractivity contribution is -0.873. The van der Waals surface area contributed by atoms with Crippen molar-refractivity contribution in [3.8, 4) is 0 Å². The molecular weight excluding hydrogens is 261 g/mol. The molecule has 0 fully saturated rings. The van der Waals surface area contributed by atoms with Crippen LogP contribution in [0.25, 0.3) is 0 Å². The van der Waals surface area contributed by atoms with Gasteiger partial charge in [0.15, 0.2) is 0 Å². The van der Waals surface area contributed by atoms with Crippen molar-refractivity contribution in [2.45, 2.75) is 19.8 Å². The quantitative estimate of drug-likeness (QED) is 0.348. The highest BCUT2D eigenvalue weighted by Crippen LogP contribution is 2.25. The Kier molecular flexibility index (Phi) is 4.77. The second kappa shape index (κ2) is 4.61. The van der Waals surface area contributed by atoms with Crippen molar-refractivity contribution < 1.29 is 28.5 Å². The van der Waals surface area contributed by atoms with Crippen LogP contribution in [0.2, 0.25) is 0 Å². The topological polar surface area (TPSA) is 0 Å². The summed E-state index contributed by atoms with van der Waals surface area (Å²) in [6.45, 7) is 3.56. The van der Waals surface area contributed by atoms with E-state index in [0.29, 0.717) is 0 Å². The Hall–Kier alpha value is 0.430. The van der Waals surface area contributed by atoms with Gasteiger partial charge in [-0.1, -0.05) is 11.6 Å². The molecule has 0 aromatic rings. The number of allylic oxidation sites excluding steroid dienone is 2. The number of rotatable bonds is 2. The molecule has 72 valence electrons. The number of halogens is 1. The summed E-state index contributed by atoms with van der Waals surface area (Å²) in [7, 11) is 6.81. The van der Waals surface area contributed by atoms with Gasteiger partial charge in [-0.3, -0.25) is 0 Å². The molecule has 1 aliphatic rings. The van der Waals surface area contributed by atoms with Crippen LogP contribution in [0.15, 0.2) is 11.6 Å². The van der Waals surface area contributed by atoms with E-state index in [1.54, 1.807) is 5.57 Å². The van der Waals surface area contributed by atoms with Crippen molar-refractivity contribution in [3.63, 3.8) is 0 Å². The van der Waals surface area contributed by atoms with Crippen molar-refractivity contribution in [1.82, 2.24) is 0 Å². The summed E-state index contributed by atoms with van der Waals surface area (Å²) >= 11 is 0. The SMILES string of the molecule is CC1=CC[C@@H](C[N+](C)(C)C)C1.[I-]. The van der Waals surface area contributed by atoms with Gasteiger partial charge >= 0.3 is 0 Å². The molecule has 0 radical (unpaired) electrons. The summed E-state index contributed by atoms with van der Waals surface area (Å²) in [6.07, 6.45) is 5.02. The summed E-state index contributed by atoms with van der Waals surface area (Å²) < 4.78 is 1.10. The lowest BCUT2D eigenvalue weighted by atomic mass is 10.1. The van der Waals surface area contributed by atoms with Crippen LogP contribution in [0.1, 0.15) is 19.8 Å². The van der Waals surface area contributed by atoms with E-state index in [2.05, 4.69) is 34.1 Å². The molecule has 0 bridgehead atoms. The van der Waals surface area contributed by atoms with E-state index in [1.165, 1.54) is 19.4 Å². The highest BCUT2D eigenvalue weighted by atomic mass is 127. The summed E-state index contributed by atoms with van der Waals surface area (Å²) in [4.78, 5) is 0. The van der Waals surface area contributed by atoms with Crippen molar-refractivity contribution in [3.05, 3.63) is 11.6 Å². The first-order chi connectivity index (χ1) is 4.97. The molecule has 0 spiro atoms. The molecule has 0 amide bonds. The van der Waals surface area contributed by atoms with Gasteiger partial charge in [-0.2, -0.15) is 0 Å². The standard InChI is InChI=1S/C10H20N.HI/c1-9-5-6-10(7-9)8-11(2,3)4;/h5,10H,6-8H2,1-4H3;1H/q+1;/p-1/t10-;/m1./s1. The third kappa shape index (κ3) is 4.45. The van der Waals surface area contributed by atoms with E-state index in [-0.39, 0.29) is 24.0 Å². The zero-order chi connectivity index (χ0) is 8.48. The van der Waals surface area contributed by atoms with Crippen LogP contribution >= 0.6 is 0 Å². The van der Waals surface area contributed by atoms with Crippen LogP contribution in [-0.2, 0) is 0 Å². The third-order valence-corrected chi connectivity index (χ3v) is 2.22. The van der Waals surface area contributed by atoms with Crippen molar-refractivity contribution in [2.75, 3.05) is 27.7 Å². The molecule has 1 nitrogen and oxygen atoms in total. The predicted molar refractivity (Wildman–Crippen MR) is 49.4 cm³/mol. The Labute approximate surface area is 93.4 Å².